The third kappa shape index (κ3) is 3.93. The summed E-state index contributed by atoms with van der Waals surface area (Å²) in [7, 11) is 0. The standard InChI is InChI=1S/C48H28N2S2/c1-2-10-29(11-3-1)30-18-23-44-37(26-30)39-28-32(20-25-46(39)52-44)50-40-15-7-4-12-33(40)35-21-22-42-47(48(35)50)36-14-5-8-16-41(36)49(42)31-19-24-45-38(27-31)34-13-6-9-17-43(34)51-45/h1-28H. The van der Waals surface area contributed by atoms with E-state index in [1.54, 1.807) is 0 Å². The quantitative estimate of drug-likeness (QED) is 0.174. The van der Waals surface area contributed by atoms with Crippen molar-refractivity contribution in [3.05, 3.63) is 170 Å². The maximum atomic E-state index is 2.52. The molecule has 0 saturated heterocycles. The van der Waals surface area contributed by atoms with E-state index in [0.717, 1.165) is 0 Å². The van der Waals surface area contributed by atoms with E-state index in [9.17, 15) is 0 Å². The zero-order chi connectivity index (χ0) is 33.9. The number of thiophene rings is 2. The van der Waals surface area contributed by atoms with Gasteiger partial charge in [-0.25, -0.2) is 0 Å². The van der Waals surface area contributed by atoms with Gasteiger partial charge in [-0.2, -0.15) is 0 Å². The number of nitrogens with zero attached hydrogens (tertiary/aromatic N) is 2. The van der Waals surface area contributed by atoms with E-state index in [1.165, 1.54) is 106 Å². The van der Waals surface area contributed by atoms with Crippen LogP contribution in [0, 0.1) is 0 Å². The van der Waals surface area contributed by atoms with E-state index in [1.807, 2.05) is 22.7 Å². The maximum Gasteiger partial charge on any atom is 0.0641 e. The van der Waals surface area contributed by atoms with Crippen LogP contribution in [0.15, 0.2) is 170 Å². The van der Waals surface area contributed by atoms with Gasteiger partial charge in [-0.3, -0.25) is 0 Å². The minimum Gasteiger partial charge on any atom is -0.309 e. The van der Waals surface area contributed by atoms with Gasteiger partial charge in [-0.1, -0.05) is 97.1 Å². The molecule has 2 nitrogen and oxygen atoms in total. The van der Waals surface area contributed by atoms with E-state index in [4.69, 9.17) is 0 Å². The lowest BCUT2D eigenvalue weighted by molar-refractivity contribution is 1.18. The second kappa shape index (κ2) is 10.7. The van der Waals surface area contributed by atoms with Crippen LogP contribution < -0.4 is 0 Å². The molecule has 0 unspecified atom stereocenters. The Kier molecular flexibility index (Phi) is 5.84. The van der Waals surface area contributed by atoms with Crippen LogP contribution in [-0.4, -0.2) is 9.13 Å². The van der Waals surface area contributed by atoms with Gasteiger partial charge in [0.2, 0.25) is 0 Å². The molecule has 0 spiro atoms. The number of hydrogen-bond donors (Lipinski definition) is 0. The minimum absolute atomic E-state index is 1.18. The zero-order valence-corrected chi connectivity index (χ0v) is 29.5. The molecule has 12 rings (SSSR count). The van der Waals surface area contributed by atoms with Gasteiger partial charge in [0.05, 0.1) is 22.1 Å². The highest BCUT2D eigenvalue weighted by molar-refractivity contribution is 7.26. The highest BCUT2D eigenvalue weighted by atomic mass is 32.1. The molecule has 0 bridgehead atoms. The highest BCUT2D eigenvalue weighted by Crippen LogP contribution is 2.44. The van der Waals surface area contributed by atoms with Gasteiger partial charge in [0, 0.05) is 73.3 Å². The Bertz CT molecular complexity index is 3410. The van der Waals surface area contributed by atoms with E-state index >= 15 is 0 Å². The van der Waals surface area contributed by atoms with Gasteiger partial charge in [0.25, 0.3) is 0 Å². The molecular weight excluding hydrogens is 669 g/mol. The van der Waals surface area contributed by atoms with Crippen molar-refractivity contribution in [2.24, 2.45) is 0 Å². The van der Waals surface area contributed by atoms with Gasteiger partial charge in [0.1, 0.15) is 0 Å². The lowest BCUT2D eigenvalue weighted by atomic mass is 10.0. The van der Waals surface area contributed by atoms with E-state index < -0.39 is 0 Å². The van der Waals surface area contributed by atoms with Crippen molar-refractivity contribution in [3.63, 3.8) is 0 Å². The summed E-state index contributed by atoms with van der Waals surface area (Å²) in [5.41, 5.74) is 9.75. The number of hydrogen-bond acceptors (Lipinski definition) is 2. The van der Waals surface area contributed by atoms with Crippen LogP contribution in [-0.2, 0) is 0 Å². The molecule has 0 N–H and O–H groups in total. The number of rotatable bonds is 3. The molecule has 52 heavy (non-hydrogen) atoms. The fourth-order valence-corrected chi connectivity index (χ4v) is 10.8. The van der Waals surface area contributed by atoms with Gasteiger partial charge in [0.15, 0.2) is 0 Å². The average molecular weight is 697 g/mol. The summed E-state index contributed by atoms with van der Waals surface area (Å²) in [5.74, 6) is 0. The molecule has 0 fully saturated rings. The third-order valence-corrected chi connectivity index (χ3v) is 13.2. The second-order valence-electron chi connectivity index (χ2n) is 13.7. The molecule has 4 heteroatoms. The predicted molar refractivity (Wildman–Crippen MR) is 226 cm³/mol. The molecule has 8 aromatic carbocycles. The minimum atomic E-state index is 1.18. The molecule has 0 aliphatic rings. The first-order chi connectivity index (χ1) is 25.8. The lowest BCUT2D eigenvalue weighted by Gasteiger charge is -2.11. The Morgan fingerprint density at radius 2 is 0.865 bits per heavy atom. The lowest BCUT2D eigenvalue weighted by Crippen LogP contribution is -1.95. The summed E-state index contributed by atoms with van der Waals surface area (Å²) in [6.07, 6.45) is 0. The van der Waals surface area contributed by atoms with Crippen molar-refractivity contribution in [1.82, 2.24) is 9.13 Å². The fraction of sp³-hybridized carbons (Fsp3) is 0. The smallest absolute Gasteiger partial charge is 0.0641 e. The molecule has 4 heterocycles. The summed E-state index contributed by atoms with van der Waals surface area (Å²) < 4.78 is 10.3. The molecule has 12 aromatic rings. The van der Waals surface area contributed by atoms with Gasteiger partial charge in [-0.15, -0.1) is 22.7 Å². The van der Waals surface area contributed by atoms with E-state index in [0.29, 0.717) is 0 Å². The van der Waals surface area contributed by atoms with Crippen molar-refractivity contribution < 1.29 is 0 Å². The van der Waals surface area contributed by atoms with E-state index in [-0.39, 0.29) is 0 Å². The van der Waals surface area contributed by atoms with Gasteiger partial charge < -0.3 is 9.13 Å². The van der Waals surface area contributed by atoms with Gasteiger partial charge >= 0.3 is 0 Å². The Morgan fingerprint density at radius 1 is 0.308 bits per heavy atom. The molecular formula is C48H28N2S2. The van der Waals surface area contributed by atoms with Crippen LogP contribution in [0.3, 0.4) is 0 Å². The summed E-state index contributed by atoms with van der Waals surface area (Å²) in [6.45, 7) is 0. The Hall–Kier alpha value is -6.20. The van der Waals surface area contributed by atoms with Crippen molar-refractivity contribution >= 4 is 107 Å². The molecule has 4 aromatic heterocycles. The highest BCUT2D eigenvalue weighted by Gasteiger charge is 2.21. The Balaban J connectivity index is 1.17. The molecule has 0 radical (unpaired) electrons. The molecule has 0 atom stereocenters. The number of benzene rings is 8. The third-order valence-electron chi connectivity index (χ3n) is 10.9. The normalized spacial score (nSPS) is 12.2. The number of aromatic nitrogens is 2. The van der Waals surface area contributed by atoms with Crippen LogP contribution in [0.5, 0.6) is 0 Å². The summed E-state index contributed by atoms with van der Waals surface area (Å²) in [5, 5.41) is 10.3. The molecule has 0 aliphatic carbocycles. The van der Waals surface area contributed by atoms with Crippen molar-refractivity contribution in [3.8, 4) is 22.5 Å². The SMILES string of the molecule is c1ccc(-c2ccc3sc4ccc(-n5c6ccccc6c6ccc7c(c8ccccc8n7-c7ccc8sc9ccccc9c8c7)c65)cc4c3c2)cc1. The first-order valence-electron chi connectivity index (χ1n) is 17.7. The Morgan fingerprint density at radius 3 is 1.63 bits per heavy atom. The number of para-hydroxylation sites is 2. The molecule has 0 saturated carbocycles. The summed E-state index contributed by atoms with van der Waals surface area (Å²) >= 11 is 3.74. The molecule has 242 valence electrons. The van der Waals surface area contributed by atoms with Gasteiger partial charge in [-0.05, 0) is 83.9 Å². The first-order valence-corrected chi connectivity index (χ1v) is 19.3. The molecule has 0 aliphatic heterocycles. The predicted octanol–water partition coefficient (Wildman–Crippen LogP) is 14.3. The largest absolute Gasteiger partial charge is 0.309 e. The van der Waals surface area contributed by atoms with Crippen LogP contribution in [0.2, 0.25) is 0 Å². The fourth-order valence-electron chi connectivity index (χ4n) is 8.62. The van der Waals surface area contributed by atoms with E-state index in [2.05, 4.69) is 179 Å². The van der Waals surface area contributed by atoms with Crippen molar-refractivity contribution in [2.45, 2.75) is 0 Å². The van der Waals surface area contributed by atoms with Crippen LogP contribution >= 0.6 is 22.7 Å². The number of fused-ring (bicyclic) bond motifs is 13. The second-order valence-corrected chi connectivity index (χ2v) is 15.9. The molecule has 0 amide bonds. The zero-order valence-electron chi connectivity index (χ0n) is 27.9. The van der Waals surface area contributed by atoms with Crippen LogP contribution in [0.25, 0.3) is 106 Å². The summed E-state index contributed by atoms with van der Waals surface area (Å²) in [4.78, 5) is 0. The first kappa shape index (κ1) is 28.5. The monoisotopic (exact) mass is 696 g/mol. The summed E-state index contributed by atoms with van der Waals surface area (Å²) in [6, 6.07) is 62.9. The van der Waals surface area contributed by atoms with Crippen LogP contribution in [0.4, 0.5) is 0 Å². The van der Waals surface area contributed by atoms with Crippen molar-refractivity contribution in [1.29, 1.82) is 0 Å². The van der Waals surface area contributed by atoms with Crippen molar-refractivity contribution in [2.75, 3.05) is 0 Å². The topological polar surface area (TPSA) is 9.86 Å². The Labute approximate surface area is 306 Å². The average Bonchev–Trinajstić information content (AvgIpc) is 3.95. The van der Waals surface area contributed by atoms with Crippen LogP contribution in [0.1, 0.15) is 0 Å². The maximum absolute atomic E-state index is 2.52.